The van der Waals surface area contributed by atoms with E-state index in [0.717, 1.165) is 42.1 Å². The van der Waals surface area contributed by atoms with Crippen LogP contribution in [0.1, 0.15) is 22.5 Å². The highest BCUT2D eigenvalue weighted by Crippen LogP contribution is 2.36. The number of benzene rings is 1. The standard InChI is InChI=1S/C18H22N4O3S/c1-25-13-6-2-4-11(8-13)15-9-14(22-18(19)24)16(26-15)17(23)21-12-5-3-7-20-10-12/h2,4,6,8-9,12,20H,3,5,7,10H2,1H3,(H,21,23)(H3,19,22,24)/t12-/m0/s1. The number of ether oxygens (including phenoxy) is 1. The molecule has 1 aliphatic heterocycles. The Labute approximate surface area is 155 Å². The van der Waals surface area contributed by atoms with E-state index in [9.17, 15) is 9.59 Å². The minimum Gasteiger partial charge on any atom is -0.497 e. The maximum atomic E-state index is 12.7. The van der Waals surface area contributed by atoms with E-state index < -0.39 is 6.03 Å². The zero-order valence-electron chi connectivity index (χ0n) is 14.5. The van der Waals surface area contributed by atoms with Gasteiger partial charge in [-0.15, -0.1) is 11.3 Å². The van der Waals surface area contributed by atoms with Gasteiger partial charge in [0.15, 0.2) is 0 Å². The molecule has 5 N–H and O–H groups in total. The molecule has 1 aromatic heterocycles. The van der Waals surface area contributed by atoms with Gasteiger partial charge in [-0.3, -0.25) is 4.79 Å². The Morgan fingerprint density at radius 3 is 2.88 bits per heavy atom. The predicted octanol–water partition coefficient (Wildman–Crippen LogP) is 2.40. The Kier molecular flexibility index (Phi) is 5.75. The highest BCUT2D eigenvalue weighted by molar-refractivity contribution is 7.18. The van der Waals surface area contributed by atoms with E-state index in [1.165, 1.54) is 11.3 Å². The second-order valence-electron chi connectivity index (χ2n) is 6.09. The first-order chi connectivity index (χ1) is 12.6. The van der Waals surface area contributed by atoms with Gasteiger partial charge in [-0.1, -0.05) is 12.1 Å². The number of anilines is 1. The number of primary amides is 1. The average Bonchev–Trinajstić information content (AvgIpc) is 3.06. The molecule has 3 amide bonds. The van der Waals surface area contributed by atoms with E-state index in [-0.39, 0.29) is 11.9 Å². The molecule has 0 unspecified atom stereocenters. The Balaban J connectivity index is 1.88. The lowest BCUT2D eigenvalue weighted by molar-refractivity contribution is 0.0935. The van der Waals surface area contributed by atoms with Crippen LogP contribution in [0.25, 0.3) is 10.4 Å². The van der Waals surface area contributed by atoms with Gasteiger partial charge in [0.2, 0.25) is 0 Å². The fourth-order valence-corrected chi connectivity index (χ4v) is 3.94. The number of hydrogen-bond donors (Lipinski definition) is 4. The lowest BCUT2D eigenvalue weighted by Gasteiger charge is -2.23. The van der Waals surface area contributed by atoms with Crippen molar-refractivity contribution in [2.24, 2.45) is 5.73 Å². The number of piperidine rings is 1. The number of carbonyl (C=O) groups is 2. The smallest absolute Gasteiger partial charge is 0.316 e. The van der Waals surface area contributed by atoms with Crippen molar-refractivity contribution in [1.29, 1.82) is 0 Å². The van der Waals surface area contributed by atoms with Crippen molar-refractivity contribution in [3.63, 3.8) is 0 Å². The first-order valence-corrected chi connectivity index (χ1v) is 9.25. The number of nitrogens with one attached hydrogen (secondary N) is 3. The molecule has 3 rings (SSSR count). The number of methoxy groups -OCH3 is 1. The summed E-state index contributed by atoms with van der Waals surface area (Å²) in [5.41, 5.74) is 6.59. The number of carbonyl (C=O) groups excluding carboxylic acids is 2. The van der Waals surface area contributed by atoms with Crippen molar-refractivity contribution in [1.82, 2.24) is 10.6 Å². The van der Waals surface area contributed by atoms with E-state index in [1.54, 1.807) is 13.2 Å². The van der Waals surface area contributed by atoms with Gasteiger partial charge in [0.25, 0.3) is 5.91 Å². The summed E-state index contributed by atoms with van der Waals surface area (Å²) in [6.07, 6.45) is 1.96. The van der Waals surface area contributed by atoms with Gasteiger partial charge in [0, 0.05) is 17.5 Å². The van der Waals surface area contributed by atoms with E-state index in [4.69, 9.17) is 10.5 Å². The van der Waals surface area contributed by atoms with Crippen LogP contribution in [0.4, 0.5) is 10.5 Å². The molecule has 0 spiro atoms. The summed E-state index contributed by atoms with van der Waals surface area (Å²) in [6.45, 7) is 1.72. The topological polar surface area (TPSA) is 105 Å². The largest absolute Gasteiger partial charge is 0.497 e. The number of nitrogens with two attached hydrogens (primary N) is 1. The summed E-state index contributed by atoms with van der Waals surface area (Å²) in [5, 5.41) is 8.85. The summed E-state index contributed by atoms with van der Waals surface area (Å²) < 4.78 is 5.25. The Morgan fingerprint density at radius 1 is 1.35 bits per heavy atom. The lowest BCUT2D eigenvalue weighted by atomic mass is 10.1. The molecule has 8 heteroatoms. The van der Waals surface area contributed by atoms with Crippen LogP contribution >= 0.6 is 11.3 Å². The molecule has 1 fully saturated rings. The van der Waals surface area contributed by atoms with Crippen molar-refractivity contribution in [2.75, 3.05) is 25.5 Å². The van der Waals surface area contributed by atoms with Crippen molar-refractivity contribution >= 4 is 29.0 Å². The van der Waals surface area contributed by atoms with Crippen LogP contribution in [0.15, 0.2) is 30.3 Å². The molecule has 0 bridgehead atoms. The van der Waals surface area contributed by atoms with Crippen molar-refractivity contribution in [3.05, 3.63) is 35.2 Å². The van der Waals surface area contributed by atoms with Gasteiger partial charge >= 0.3 is 6.03 Å². The lowest BCUT2D eigenvalue weighted by Crippen LogP contribution is -2.45. The summed E-state index contributed by atoms with van der Waals surface area (Å²) in [5.74, 6) is 0.515. The number of amides is 3. The molecular weight excluding hydrogens is 352 g/mol. The molecule has 1 atom stereocenters. The maximum Gasteiger partial charge on any atom is 0.316 e. The monoisotopic (exact) mass is 374 g/mol. The first-order valence-electron chi connectivity index (χ1n) is 8.43. The third-order valence-corrected chi connectivity index (χ3v) is 5.37. The van der Waals surface area contributed by atoms with E-state index >= 15 is 0 Å². The zero-order valence-corrected chi connectivity index (χ0v) is 15.3. The highest BCUT2D eigenvalue weighted by Gasteiger charge is 2.22. The van der Waals surface area contributed by atoms with E-state index in [1.807, 2.05) is 24.3 Å². The Bertz CT molecular complexity index is 799. The van der Waals surface area contributed by atoms with Gasteiger partial charge in [0.1, 0.15) is 10.6 Å². The average molecular weight is 374 g/mol. The molecule has 138 valence electrons. The molecule has 7 nitrogen and oxygen atoms in total. The fraction of sp³-hybridized carbons (Fsp3) is 0.333. The van der Waals surface area contributed by atoms with Crippen LogP contribution in [-0.2, 0) is 0 Å². The molecule has 26 heavy (non-hydrogen) atoms. The Morgan fingerprint density at radius 2 is 2.19 bits per heavy atom. The molecule has 1 aromatic carbocycles. The number of hydrogen-bond acceptors (Lipinski definition) is 5. The van der Waals surface area contributed by atoms with Gasteiger partial charge in [0.05, 0.1) is 12.8 Å². The van der Waals surface area contributed by atoms with Gasteiger partial charge in [-0.05, 0) is 43.1 Å². The van der Waals surface area contributed by atoms with Gasteiger partial charge < -0.3 is 26.4 Å². The molecular formula is C18H22N4O3S. The highest BCUT2D eigenvalue weighted by atomic mass is 32.1. The van der Waals surface area contributed by atoms with E-state index in [2.05, 4.69) is 16.0 Å². The number of rotatable bonds is 5. The second kappa shape index (κ2) is 8.20. The van der Waals surface area contributed by atoms with Crippen molar-refractivity contribution < 1.29 is 14.3 Å². The van der Waals surface area contributed by atoms with Crippen LogP contribution in [0.3, 0.4) is 0 Å². The zero-order chi connectivity index (χ0) is 18.5. The van der Waals surface area contributed by atoms with Gasteiger partial charge in [-0.2, -0.15) is 0 Å². The third-order valence-electron chi connectivity index (χ3n) is 4.18. The van der Waals surface area contributed by atoms with Crippen LogP contribution < -0.4 is 26.4 Å². The quantitative estimate of drug-likeness (QED) is 0.645. The molecule has 1 saturated heterocycles. The molecule has 2 heterocycles. The van der Waals surface area contributed by atoms with Crippen LogP contribution in [0.2, 0.25) is 0 Å². The third kappa shape index (κ3) is 4.33. The fourth-order valence-electron chi connectivity index (χ4n) is 2.93. The minimum absolute atomic E-state index is 0.0834. The maximum absolute atomic E-state index is 12.7. The molecule has 2 aromatic rings. The number of urea groups is 1. The summed E-state index contributed by atoms with van der Waals surface area (Å²) in [7, 11) is 1.60. The normalized spacial score (nSPS) is 16.7. The van der Waals surface area contributed by atoms with Crippen molar-refractivity contribution in [3.8, 4) is 16.2 Å². The summed E-state index contributed by atoms with van der Waals surface area (Å²) >= 11 is 1.31. The summed E-state index contributed by atoms with van der Waals surface area (Å²) in [6, 6.07) is 8.68. The Hall–Kier alpha value is -2.58. The SMILES string of the molecule is COc1cccc(-c2cc(NC(N)=O)c(C(=O)N[C@H]3CCCNC3)s2)c1. The first kappa shape index (κ1) is 18.2. The minimum atomic E-state index is -0.701. The molecule has 0 aliphatic carbocycles. The number of thiophene rings is 1. The van der Waals surface area contributed by atoms with Crippen LogP contribution in [-0.4, -0.2) is 38.2 Å². The molecule has 1 aliphatic rings. The summed E-state index contributed by atoms with van der Waals surface area (Å²) in [4.78, 5) is 25.4. The van der Waals surface area contributed by atoms with Crippen LogP contribution in [0.5, 0.6) is 5.75 Å². The molecule has 0 saturated carbocycles. The van der Waals surface area contributed by atoms with Crippen LogP contribution in [0, 0.1) is 0 Å². The second-order valence-corrected chi connectivity index (χ2v) is 7.14. The predicted molar refractivity (Wildman–Crippen MR) is 103 cm³/mol. The van der Waals surface area contributed by atoms with Gasteiger partial charge in [-0.25, -0.2) is 4.79 Å². The van der Waals surface area contributed by atoms with E-state index in [0.29, 0.717) is 10.6 Å². The van der Waals surface area contributed by atoms with Crippen molar-refractivity contribution in [2.45, 2.75) is 18.9 Å². The molecule has 0 radical (unpaired) electrons.